The molecule has 3 aromatic rings. The number of benzene rings is 2. The number of hydrogen-bond donors (Lipinski definition) is 0. The second kappa shape index (κ2) is 10.2. The highest BCUT2D eigenvalue weighted by atomic mass is 35.5. The Morgan fingerprint density at radius 1 is 1.00 bits per heavy atom. The Labute approximate surface area is 223 Å². The summed E-state index contributed by atoms with van der Waals surface area (Å²) >= 11 is 6.68. The van der Waals surface area contributed by atoms with Gasteiger partial charge in [-0.1, -0.05) is 41.9 Å². The molecule has 0 N–H and O–H groups in total. The molecule has 0 radical (unpaired) electrons. The molecule has 2 amide bonds. The van der Waals surface area contributed by atoms with Gasteiger partial charge >= 0.3 is 6.09 Å². The number of ether oxygens (including phenoxy) is 1. The van der Waals surface area contributed by atoms with Crippen LogP contribution < -0.4 is 0 Å². The van der Waals surface area contributed by atoms with Crippen LogP contribution in [0.3, 0.4) is 0 Å². The highest BCUT2D eigenvalue weighted by Crippen LogP contribution is 2.34. The summed E-state index contributed by atoms with van der Waals surface area (Å²) in [7, 11) is 0. The van der Waals surface area contributed by atoms with Crippen LogP contribution >= 0.6 is 11.6 Å². The second-order valence-corrected chi connectivity index (χ2v) is 11.2. The van der Waals surface area contributed by atoms with E-state index < -0.39 is 5.60 Å². The van der Waals surface area contributed by atoms with E-state index in [1.165, 1.54) is 0 Å². The monoisotopic (exact) mass is 520 g/mol. The van der Waals surface area contributed by atoms with Gasteiger partial charge in [0.2, 0.25) is 0 Å². The van der Waals surface area contributed by atoms with E-state index in [-0.39, 0.29) is 24.1 Å². The van der Waals surface area contributed by atoms with Crippen LogP contribution in [0.25, 0.3) is 16.9 Å². The number of rotatable bonds is 5. The molecule has 2 aliphatic rings. The number of carbonyl (C=O) groups excluding carboxylic acids is 2. The summed E-state index contributed by atoms with van der Waals surface area (Å²) in [4.78, 5) is 34.4. The van der Waals surface area contributed by atoms with Crippen LogP contribution in [0.4, 0.5) is 4.79 Å². The molecule has 1 saturated carbocycles. The highest BCUT2D eigenvalue weighted by molar-refractivity contribution is 6.32. The number of hydrogen-bond acceptors (Lipinski definition) is 4. The summed E-state index contributed by atoms with van der Waals surface area (Å²) in [5.41, 5.74) is 2.72. The van der Waals surface area contributed by atoms with E-state index in [1.807, 2.05) is 78.9 Å². The van der Waals surface area contributed by atoms with Crippen LogP contribution in [0.5, 0.6) is 0 Å². The van der Waals surface area contributed by atoms with E-state index >= 15 is 0 Å². The minimum atomic E-state index is -0.519. The molecular weight excluding hydrogens is 488 g/mol. The van der Waals surface area contributed by atoms with E-state index in [9.17, 15) is 9.59 Å². The number of piperidine rings is 1. The first-order chi connectivity index (χ1) is 17.7. The van der Waals surface area contributed by atoms with Gasteiger partial charge in [0.15, 0.2) is 0 Å². The van der Waals surface area contributed by atoms with Crippen LogP contribution in [-0.4, -0.2) is 62.1 Å². The fraction of sp³-hybridized carbons (Fsp3) is 0.414. The lowest BCUT2D eigenvalue weighted by Gasteiger charge is -2.39. The van der Waals surface area contributed by atoms with Crippen molar-refractivity contribution in [3.8, 4) is 16.9 Å². The first kappa shape index (κ1) is 25.3. The maximum absolute atomic E-state index is 13.7. The van der Waals surface area contributed by atoms with E-state index in [4.69, 9.17) is 16.3 Å². The molecule has 194 valence electrons. The maximum Gasteiger partial charge on any atom is 0.410 e. The topological polar surface area (TPSA) is 67.7 Å². The van der Waals surface area contributed by atoms with Gasteiger partial charge in [0.25, 0.3) is 5.91 Å². The highest BCUT2D eigenvalue weighted by Gasteiger charge is 2.40. The van der Waals surface area contributed by atoms with Crippen LogP contribution in [-0.2, 0) is 4.74 Å². The Kier molecular flexibility index (Phi) is 6.99. The zero-order valence-corrected chi connectivity index (χ0v) is 22.3. The van der Waals surface area contributed by atoms with Gasteiger partial charge in [0.05, 0.1) is 22.7 Å². The third-order valence-corrected chi connectivity index (χ3v) is 7.11. The molecule has 2 fully saturated rings. The van der Waals surface area contributed by atoms with Crippen molar-refractivity contribution in [3.05, 3.63) is 71.6 Å². The smallest absolute Gasteiger partial charge is 0.410 e. The molecule has 0 spiro atoms. The fourth-order valence-electron chi connectivity index (χ4n) is 4.85. The second-order valence-electron chi connectivity index (χ2n) is 10.8. The quantitative estimate of drug-likeness (QED) is 0.402. The molecule has 1 aliphatic carbocycles. The van der Waals surface area contributed by atoms with E-state index in [2.05, 4.69) is 4.98 Å². The number of halogens is 1. The number of aromatic nitrogens is 2. The maximum atomic E-state index is 13.7. The third-order valence-electron chi connectivity index (χ3n) is 6.81. The zero-order valence-electron chi connectivity index (χ0n) is 21.6. The number of amides is 2. The van der Waals surface area contributed by atoms with Gasteiger partial charge in [-0.3, -0.25) is 4.79 Å². The molecule has 1 aliphatic heterocycles. The minimum absolute atomic E-state index is 0.00211. The van der Waals surface area contributed by atoms with Gasteiger partial charge in [-0.2, -0.15) is 0 Å². The van der Waals surface area contributed by atoms with Gasteiger partial charge in [0.1, 0.15) is 5.60 Å². The lowest BCUT2D eigenvalue weighted by Crippen LogP contribution is -2.50. The molecule has 0 atom stereocenters. The van der Waals surface area contributed by atoms with Crippen molar-refractivity contribution in [1.29, 1.82) is 0 Å². The number of likely N-dealkylation sites (tertiary alicyclic amines) is 1. The van der Waals surface area contributed by atoms with Crippen molar-refractivity contribution < 1.29 is 14.3 Å². The SMILES string of the molecule is CC(C)(C)OC(=O)N1CCC(N(C(=O)c2ccc(-n3cnc(-c4ccccc4)c3)c(Cl)c2)C2CC2)CC1. The van der Waals surface area contributed by atoms with Gasteiger partial charge in [-0.25, -0.2) is 9.78 Å². The summed E-state index contributed by atoms with van der Waals surface area (Å²) < 4.78 is 7.40. The Morgan fingerprint density at radius 2 is 1.68 bits per heavy atom. The predicted molar refractivity (Wildman–Crippen MR) is 144 cm³/mol. The van der Waals surface area contributed by atoms with Crippen molar-refractivity contribution in [3.63, 3.8) is 0 Å². The number of carbonyl (C=O) groups is 2. The molecule has 1 aromatic heterocycles. The average Bonchev–Trinajstić information content (AvgIpc) is 3.58. The summed E-state index contributed by atoms with van der Waals surface area (Å²) in [5.74, 6) is 0.00211. The molecule has 0 unspecified atom stereocenters. The Morgan fingerprint density at radius 3 is 2.30 bits per heavy atom. The van der Waals surface area contributed by atoms with E-state index in [1.54, 1.807) is 17.3 Å². The first-order valence-corrected chi connectivity index (χ1v) is 13.3. The molecule has 7 nitrogen and oxygen atoms in total. The largest absolute Gasteiger partial charge is 0.444 e. The molecule has 5 rings (SSSR count). The standard InChI is InChI=1S/C29H33ClN4O3/c1-29(2,3)37-28(36)32-15-13-23(14-16-32)34(22-10-11-22)27(35)21-9-12-26(24(30)17-21)33-18-25(31-19-33)20-7-5-4-6-8-20/h4-9,12,17-19,22-23H,10-11,13-16H2,1-3H3. The van der Waals surface area contributed by atoms with E-state index in [0.717, 1.165) is 42.6 Å². The predicted octanol–water partition coefficient (Wildman–Crippen LogP) is 6.20. The van der Waals surface area contributed by atoms with Crippen molar-refractivity contribution in [2.75, 3.05) is 13.1 Å². The average molecular weight is 521 g/mol. The van der Waals surface area contributed by atoms with Gasteiger partial charge < -0.3 is 19.1 Å². The van der Waals surface area contributed by atoms with Crippen LogP contribution in [0.2, 0.25) is 5.02 Å². The van der Waals surface area contributed by atoms with Crippen LogP contribution in [0.15, 0.2) is 61.1 Å². The third kappa shape index (κ3) is 5.82. The van der Waals surface area contributed by atoms with Crippen molar-refractivity contribution in [2.45, 2.75) is 64.1 Å². The van der Waals surface area contributed by atoms with Crippen LogP contribution in [0.1, 0.15) is 56.8 Å². The van der Waals surface area contributed by atoms with Crippen molar-refractivity contribution in [2.24, 2.45) is 0 Å². The van der Waals surface area contributed by atoms with Crippen LogP contribution in [0, 0.1) is 0 Å². The van der Waals surface area contributed by atoms with Gasteiger partial charge in [-0.15, -0.1) is 0 Å². The van der Waals surface area contributed by atoms with E-state index in [0.29, 0.717) is 23.7 Å². The first-order valence-electron chi connectivity index (χ1n) is 12.9. The molecule has 2 heterocycles. The number of imidazole rings is 1. The Bertz CT molecular complexity index is 1270. The van der Waals surface area contributed by atoms with Crippen molar-refractivity contribution in [1.82, 2.24) is 19.4 Å². The normalized spacial score (nSPS) is 16.5. The lowest BCUT2D eigenvalue weighted by molar-refractivity contribution is 0.0142. The van der Waals surface area contributed by atoms with Gasteiger partial charge in [-0.05, 0) is 64.7 Å². The minimum Gasteiger partial charge on any atom is -0.444 e. The fourth-order valence-corrected chi connectivity index (χ4v) is 5.12. The zero-order chi connectivity index (χ0) is 26.2. The van der Waals surface area contributed by atoms with Crippen molar-refractivity contribution >= 4 is 23.6 Å². The molecule has 37 heavy (non-hydrogen) atoms. The molecule has 1 saturated heterocycles. The summed E-state index contributed by atoms with van der Waals surface area (Å²) in [6, 6.07) is 15.8. The summed E-state index contributed by atoms with van der Waals surface area (Å²) in [5, 5.41) is 0.498. The summed E-state index contributed by atoms with van der Waals surface area (Å²) in [6.07, 6.45) is 6.90. The Hall–Kier alpha value is -3.32. The lowest BCUT2D eigenvalue weighted by atomic mass is 10.0. The Balaban J connectivity index is 1.28. The molecule has 0 bridgehead atoms. The number of nitrogens with zero attached hydrogens (tertiary/aromatic N) is 4. The molecule has 2 aromatic carbocycles. The molecular formula is C29H33ClN4O3. The van der Waals surface area contributed by atoms with Gasteiger partial charge in [0, 0.05) is 42.5 Å². The molecule has 8 heteroatoms. The summed E-state index contributed by atoms with van der Waals surface area (Å²) in [6.45, 7) is 6.78.